The third-order valence-corrected chi connectivity index (χ3v) is 4.45. The number of hydrogen-bond acceptors (Lipinski definition) is 5. The van der Waals surface area contributed by atoms with Crippen molar-refractivity contribution in [1.29, 1.82) is 0 Å². The minimum absolute atomic E-state index is 0.0176. The molecule has 0 radical (unpaired) electrons. The fraction of sp³-hybridized carbons (Fsp3) is 1.00. The Morgan fingerprint density at radius 2 is 1.05 bits per heavy atom. The van der Waals surface area contributed by atoms with Gasteiger partial charge in [0.05, 0.1) is 50.8 Å². The van der Waals surface area contributed by atoms with Crippen LogP contribution in [-0.4, -0.2) is 61.1 Å². The maximum Gasteiger partial charge on any atom is 0.0835 e. The predicted octanol–water partition coefficient (Wildman–Crippen LogP) is 1.64. The summed E-state index contributed by atoms with van der Waals surface area (Å²) in [7, 11) is 0. The molecule has 2 aliphatic carbocycles. The standard InChI is InChI=1S/C16H30O5/c17-13-5-1-3-7-15(13)20-11-9-19-10-12-21-16-8-4-2-6-14(16)18/h13-18H,1-12H2/t13-,14+,15-,16+. The first-order valence-corrected chi connectivity index (χ1v) is 8.44. The Hall–Kier alpha value is -0.200. The molecule has 2 saturated carbocycles. The van der Waals surface area contributed by atoms with Crippen molar-refractivity contribution in [2.45, 2.75) is 75.8 Å². The van der Waals surface area contributed by atoms with E-state index in [1.807, 2.05) is 0 Å². The zero-order chi connectivity index (χ0) is 14.9. The Bertz CT molecular complexity index is 247. The molecule has 0 aliphatic heterocycles. The third kappa shape index (κ3) is 6.20. The number of ether oxygens (including phenoxy) is 3. The number of rotatable bonds is 8. The van der Waals surface area contributed by atoms with Gasteiger partial charge in [0.2, 0.25) is 0 Å². The van der Waals surface area contributed by atoms with Crippen molar-refractivity contribution in [3.05, 3.63) is 0 Å². The third-order valence-electron chi connectivity index (χ3n) is 4.45. The molecule has 0 aromatic heterocycles. The van der Waals surface area contributed by atoms with Gasteiger partial charge in [-0.15, -0.1) is 0 Å². The van der Waals surface area contributed by atoms with Crippen LogP contribution in [-0.2, 0) is 14.2 Å². The summed E-state index contributed by atoms with van der Waals surface area (Å²) in [6.07, 6.45) is 7.42. The molecule has 0 heterocycles. The van der Waals surface area contributed by atoms with E-state index in [1.165, 1.54) is 0 Å². The maximum atomic E-state index is 9.77. The van der Waals surface area contributed by atoms with Crippen LogP contribution in [0.15, 0.2) is 0 Å². The second-order valence-corrected chi connectivity index (χ2v) is 6.13. The molecule has 0 saturated heterocycles. The van der Waals surface area contributed by atoms with Gasteiger partial charge < -0.3 is 24.4 Å². The van der Waals surface area contributed by atoms with Gasteiger partial charge in [0.15, 0.2) is 0 Å². The van der Waals surface area contributed by atoms with Crippen molar-refractivity contribution in [2.24, 2.45) is 0 Å². The molecule has 21 heavy (non-hydrogen) atoms. The molecule has 0 amide bonds. The summed E-state index contributed by atoms with van der Waals surface area (Å²) < 4.78 is 16.8. The Morgan fingerprint density at radius 3 is 1.48 bits per heavy atom. The zero-order valence-corrected chi connectivity index (χ0v) is 12.9. The van der Waals surface area contributed by atoms with Crippen molar-refractivity contribution >= 4 is 0 Å². The lowest BCUT2D eigenvalue weighted by Gasteiger charge is -2.28. The Morgan fingerprint density at radius 1 is 0.619 bits per heavy atom. The molecule has 0 aromatic rings. The van der Waals surface area contributed by atoms with Gasteiger partial charge in [-0.3, -0.25) is 0 Å². The molecule has 4 atom stereocenters. The van der Waals surface area contributed by atoms with Crippen LogP contribution in [0.2, 0.25) is 0 Å². The molecule has 2 fully saturated rings. The lowest BCUT2D eigenvalue weighted by molar-refractivity contribution is -0.0903. The molecular formula is C16H30O5. The van der Waals surface area contributed by atoms with Crippen LogP contribution in [0, 0.1) is 0 Å². The van der Waals surface area contributed by atoms with Gasteiger partial charge in [0.25, 0.3) is 0 Å². The fourth-order valence-corrected chi connectivity index (χ4v) is 3.16. The summed E-state index contributed by atoms with van der Waals surface area (Å²) in [5.41, 5.74) is 0. The predicted molar refractivity (Wildman–Crippen MR) is 79.2 cm³/mol. The topological polar surface area (TPSA) is 68.2 Å². The Labute approximate surface area is 127 Å². The van der Waals surface area contributed by atoms with Gasteiger partial charge in [-0.25, -0.2) is 0 Å². The van der Waals surface area contributed by atoms with Gasteiger partial charge in [-0.1, -0.05) is 25.7 Å². The fourth-order valence-electron chi connectivity index (χ4n) is 3.16. The van der Waals surface area contributed by atoms with Gasteiger partial charge >= 0.3 is 0 Å². The Balaban J connectivity index is 1.43. The highest BCUT2D eigenvalue weighted by molar-refractivity contribution is 4.75. The molecule has 2 rings (SSSR count). The summed E-state index contributed by atoms with van der Waals surface area (Å²) in [5, 5.41) is 19.5. The zero-order valence-electron chi connectivity index (χ0n) is 12.9. The number of aliphatic hydroxyl groups is 2. The van der Waals surface area contributed by atoms with Crippen LogP contribution in [0.4, 0.5) is 0 Å². The van der Waals surface area contributed by atoms with E-state index < -0.39 is 0 Å². The average molecular weight is 302 g/mol. The van der Waals surface area contributed by atoms with E-state index in [-0.39, 0.29) is 24.4 Å². The van der Waals surface area contributed by atoms with E-state index in [1.54, 1.807) is 0 Å². The normalized spacial score (nSPS) is 34.0. The minimum Gasteiger partial charge on any atom is -0.390 e. The van der Waals surface area contributed by atoms with E-state index in [4.69, 9.17) is 14.2 Å². The van der Waals surface area contributed by atoms with E-state index >= 15 is 0 Å². The molecule has 2 N–H and O–H groups in total. The van der Waals surface area contributed by atoms with Gasteiger partial charge in [0, 0.05) is 0 Å². The lowest BCUT2D eigenvalue weighted by Crippen LogP contribution is -2.34. The first kappa shape index (κ1) is 17.2. The van der Waals surface area contributed by atoms with Crippen LogP contribution in [0.1, 0.15) is 51.4 Å². The number of aliphatic hydroxyl groups excluding tert-OH is 2. The van der Waals surface area contributed by atoms with Crippen LogP contribution in [0.3, 0.4) is 0 Å². The molecule has 2 aliphatic rings. The van der Waals surface area contributed by atoms with Crippen molar-refractivity contribution in [2.75, 3.05) is 26.4 Å². The highest BCUT2D eigenvalue weighted by atomic mass is 16.6. The van der Waals surface area contributed by atoms with Crippen LogP contribution in [0.5, 0.6) is 0 Å². The molecule has 124 valence electrons. The smallest absolute Gasteiger partial charge is 0.0835 e. The van der Waals surface area contributed by atoms with Gasteiger partial charge in [-0.05, 0) is 25.7 Å². The van der Waals surface area contributed by atoms with Crippen LogP contribution < -0.4 is 0 Å². The van der Waals surface area contributed by atoms with E-state index in [0.717, 1.165) is 51.4 Å². The largest absolute Gasteiger partial charge is 0.390 e. The second kappa shape index (κ2) is 9.74. The highest BCUT2D eigenvalue weighted by Gasteiger charge is 2.24. The van der Waals surface area contributed by atoms with E-state index in [2.05, 4.69) is 0 Å². The molecule has 5 nitrogen and oxygen atoms in total. The number of hydrogen-bond donors (Lipinski definition) is 2. The molecule has 5 heteroatoms. The highest BCUT2D eigenvalue weighted by Crippen LogP contribution is 2.21. The molecule has 0 aromatic carbocycles. The van der Waals surface area contributed by atoms with Crippen LogP contribution in [0.25, 0.3) is 0 Å². The SMILES string of the molecule is O[C@@H]1CCCC[C@H]1OCCOCCO[C@H]1CCCC[C@@H]1O. The average Bonchev–Trinajstić information content (AvgIpc) is 2.50. The van der Waals surface area contributed by atoms with E-state index in [0.29, 0.717) is 26.4 Å². The van der Waals surface area contributed by atoms with Crippen LogP contribution >= 0.6 is 0 Å². The maximum absolute atomic E-state index is 9.77. The summed E-state index contributed by atoms with van der Waals surface area (Å²) in [4.78, 5) is 0. The van der Waals surface area contributed by atoms with E-state index in [9.17, 15) is 10.2 Å². The molecule has 0 bridgehead atoms. The first-order chi connectivity index (χ1) is 10.3. The summed E-state index contributed by atoms with van der Waals surface area (Å²) in [6.45, 7) is 2.10. The molecule has 0 spiro atoms. The van der Waals surface area contributed by atoms with Crippen molar-refractivity contribution < 1.29 is 24.4 Å². The second-order valence-electron chi connectivity index (χ2n) is 6.13. The monoisotopic (exact) mass is 302 g/mol. The van der Waals surface area contributed by atoms with Gasteiger partial charge in [-0.2, -0.15) is 0 Å². The molecule has 0 unspecified atom stereocenters. The molecular weight excluding hydrogens is 272 g/mol. The minimum atomic E-state index is -0.310. The summed E-state index contributed by atoms with van der Waals surface area (Å²) >= 11 is 0. The lowest BCUT2D eigenvalue weighted by atomic mass is 9.95. The summed E-state index contributed by atoms with van der Waals surface area (Å²) in [5.74, 6) is 0. The van der Waals surface area contributed by atoms with Gasteiger partial charge in [0.1, 0.15) is 0 Å². The van der Waals surface area contributed by atoms with Crippen molar-refractivity contribution in [3.8, 4) is 0 Å². The Kier molecular flexibility index (Phi) is 7.96. The van der Waals surface area contributed by atoms with Crippen molar-refractivity contribution in [3.63, 3.8) is 0 Å². The summed E-state index contributed by atoms with van der Waals surface area (Å²) in [6, 6.07) is 0. The van der Waals surface area contributed by atoms with Crippen molar-refractivity contribution in [1.82, 2.24) is 0 Å². The first-order valence-electron chi connectivity index (χ1n) is 8.44. The quantitative estimate of drug-likeness (QED) is 0.667.